The summed E-state index contributed by atoms with van der Waals surface area (Å²) in [7, 11) is 0. The quantitative estimate of drug-likeness (QED) is 0.795. The molecule has 24 heavy (non-hydrogen) atoms. The zero-order valence-corrected chi connectivity index (χ0v) is 14.0. The summed E-state index contributed by atoms with van der Waals surface area (Å²) in [5, 5.41) is 7.05. The van der Waals surface area contributed by atoms with Crippen LogP contribution in [0.5, 0.6) is 0 Å². The lowest BCUT2D eigenvalue weighted by Gasteiger charge is -2.32. The topological polar surface area (TPSA) is 58.2 Å². The molecule has 2 aromatic rings. The summed E-state index contributed by atoms with van der Waals surface area (Å²) in [4.78, 5) is 14.4. The second-order valence-corrected chi connectivity index (χ2v) is 6.33. The van der Waals surface area contributed by atoms with Crippen LogP contribution in [-0.4, -0.2) is 40.7 Å². The first-order valence-electron chi connectivity index (χ1n) is 8.71. The largest absolute Gasteiger partial charge is 0.377 e. The normalized spacial score (nSPS) is 17.8. The monoisotopic (exact) mass is 327 g/mol. The van der Waals surface area contributed by atoms with E-state index in [4.69, 9.17) is 4.74 Å². The van der Waals surface area contributed by atoms with Crippen molar-refractivity contribution >= 4 is 5.91 Å². The van der Waals surface area contributed by atoms with Crippen LogP contribution < -0.4 is 0 Å². The van der Waals surface area contributed by atoms with Crippen LogP contribution in [0.1, 0.15) is 42.9 Å². The van der Waals surface area contributed by atoms with E-state index < -0.39 is 0 Å². The average molecular weight is 327 g/mol. The lowest BCUT2D eigenvalue weighted by atomic mass is 9.94. The summed E-state index contributed by atoms with van der Waals surface area (Å²) >= 11 is 0. The summed E-state index contributed by atoms with van der Waals surface area (Å²) in [6.07, 6.45) is 5.29. The fourth-order valence-corrected chi connectivity index (χ4v) is 3.20. The number of hydrogen-bond acceptors (Lipinski definition) is 3. The average Bonchev–Trinajstić information content (AvgIpc) is 3.17. The van der Waals surface area contributed by atoms with Crippen molar-refractivity contribution in [1.82, 2.24) is 15.1 Å². The minimum atomic E-state index is 0.238. The SMILES string of the molecule is O=C(CCCOCc1ccccc1)N1CCC[C@@H](c2ccn[nH]2)C1. The molecule has 0 radical (unpaired) electrons. The van der Waals surface area contributed by atoms with E-state index in [1.807, 2.05) is 29.2 Å². The Balaban J connectivity index is 1.36. The minimum absolute atomic E-state index is 0.238. The van der Waals surface area contributed by atoms with Gasteiger partial charge in [-0.2, -0.15) is 5.10 Å². The van der Waals surface area contributed by atoms with Crippen molar-refractivity contribution in [2.24, 2.45) is 0 Å². The van der Waals surface area contributed by atoms with Crippen molar-refractivity contribution in [2.75, 3.05) is 19.7 Å². The number of carbonyl (C=O) groups excluding carboxylic acids is 1. The van der Waals surface area contributed by atoms with Gasteiger partial charge in [0.15, 0.2) is 0 Å². The highest BCUT2D eigenvalue weighted by Gasteiger charge is 2.25. The van der Waals surface area contributed by atoms with E-state index >= 15 is 0 Å². The van der Waals surface area contributed by atoms with Gasteiger partial charge >= 0.3 is 0 Å². The Labute approximate surface area is 143 Å². The number of likely N-dealkylation sites (tertiary alicyclic amines) is 1. The highest BCUT2D eigenvalue weighted by Crippen LogP contribution is 2.25. The zero-order chi connectivity index (χ0) is 16.6. The zero-order valence-electron chi connectivity index (χ0n) is 14.0. The first-order chi connectivity index (χ1) is 11.8. The smallest absolute Gasteiger partial charge is 0.222 e. The molecule has 1 aliphatic heterocycles. The number of benzene rings is 1. The van der Waals surface area contributed by atoms with Crippen LogP contribution in [0.2, 0.25) is 0 Å². The highest BCUT2D eigenvalue weighted by atomic mass is 16.5. The van der Waals surface area contributed by atoms with Crippen molar-refractivity contribution in [2.45, 2.75) is 38.2 Å². The third-order valence-corrected chi connectivity index (χ3v) is 4.53. The van der Waals surface area contributed by atoms with Gasteiger partial charge in [-0.15, -0.1) is 0 Å². The molecule has 1 saturated heterocycles. The second kappa shape index (κ2) is 8.64. The molecule has 0 aliphatic carbocycles. The third kappa shape index (κ3) is 4.68. The molecular weight excluding hydrogens is 302 g/mol. The molecular formula is C19H25N3O2. The van der Waals surface area contributed by atoms with Crippen LogP contribution in [0.3, 0.4) is 0 Å². The predicted molar refractivity (Wildman–Crippen MR) is 92.5 cm³/mol. The van der Waals surface area contributed by atoms with Gasteiger partial charge in [0.1, 0.15) is 0 Å². The Morgan fingerprint density at radius 3 is 2.96 bits per heavy atom. The van der Waals surface area contributed by atoms with E-state index in [0.29, 0.717) is 25.6 Å². The lowest BCUT2D eigenvalue weighted by molar-refractivity contribution is -0.132. The summed E-state index contributed by atoms with van der Waals surface area (Å²) in [5.41, 5.74) is 2.31. The van der Waals surface area contributed by atoms with Gasteiger partial charge in [0.25, 0.3) is 0 Å². The van der Waals surface area contributed by atoms with Gasteiger partial charge in [-0.1, -0.05) is 30.3 Å². The first kappa shape index (κ1) is 16.7. The molecule has 1 fully saturated rings. The Bertz CT molecular complexity index is 613. The van der Waals surface area contributed by atoms with Crippen molar-refractivity contribution < 1.29 is 9.53 Å². The predicted octanol–water partition coefficient (Wildman–Crippen LogP) is 3.11. The second-order valence-electron chi connectivity index (χ2n) is 6.33. The molecule has 3 rings (SSSR count). The first-order valence-corrected chi connectivity index (χ1v) is 8.71. The Hall–Kier alpha value is -2.14. The van der Waals surface area contributed by atoms with Crippen LogP contribution in [-0.2, 0) is 16.1 Å². The minimum Gasteiger partial charge on any atom is -0.377 e. The molecule has 0 saturated carbocycles. The molecule has 1 aromatic heterocycles. The maximum absolute atomic E-state index is 12.4. The van der Waals surface area contributed by atoms with Crippen LogP contribution in [0.4, 0.5) is 0 Å². The van der Waals surface area contributed by atoms with E-state index in [1.165, 1.54) is 5.56 Å². The number of ether oxygens (including phenoxy) is 1. The van der Waals surface area contributed by atoms with Gasteiger partial charge in [-0.3, -0.25) is 9.89 Å². The van der Waals surface area contributed by atoms with Crippen molar-refractivity contribution in [1.29, 1.82) is 0 Å². The fraction of sp³-hybridized carbons (Fsp3) is 0.474. The highest BCUT2D eigenvalue weighted by molar-refractivity contribution is 5.76. The Kier molecular flexibility index (Phi) is 6.01. The van der Waals surface area contributed by atoms with Gasteiger partial charge in [0, 0.05) is 43.9 Å². The molecule has 2 heterocycles. The van der Waals surface area contributed by atoms with E-state index in [9.17, 15) is 4.79 Å². The molecule has 5 heteroatoms. The maximum Gasteiger partial charge on any atom is 0.222 e. The number of aromatic nitrogens is 2. The molecule has 128 valence electrons. The van der Waals surface area contributed by atoms with Crippen LogP contribution in [0.15, 0.2) is 42.6 Å². The van der Waals surface area contributed by atoms with Crippen LogP contribution in [0.25, 0.3) is 0 Å². The van der Waals surface area contributed by atoms with Gasteiger partial charge in [0.05, 0.1) is 6.61 Å². The number of nitrogens with one attached hydrogen (secondary N) is 1. The van der Waals surface area contributed by atoms with Crippen molar-refractivity contribution in [3.05, 3.63) is 53.9 Å². The standard InChI is InChI=1S/C19H25N3O2/c23-19(9-5-13-24-15-16-6-2-1-3-7-16)22-12-4-8-17(14-22)18-10-11-20-21-18/h1-3,6-7,10-11,17H,4-5,8-9,12-15H2,(H,20,21)/t17-/m1/s1. The van der Waals surface area contributed by atoms with Gasteiger partial charge in [-0.25, -0.2) is 0 Å². The molecule has 0 bridgehead atoms. The van der Waals surface area contributed by atoms with Crippen molar-refractivity contribution in [3.63, 3.8) is 0 Å². The molecule has 1 atom stereocenters. The number of nitrogens with zero attached hydrogens (tertiary/aromatic N) is 2. The third-order valence-electron chi connectivity index (χ3n) is 4.53. The summed E-state index contributed by atoms with van der Waals surface area (Å²) in [6, 6.07) is 12.1. The van der Waals surface area contributed by atoms with Gasteiger partial charge in [-0.05, 0) is 30.9 Å². The summed E-state index contributed by atoms with van der Waals surface area (Å²) in [6.45, 7) is 2.90. The summed E-state index contributed by atoms with van der Waals surface area (Å²) in [5.74, 6) is 0.627. The van der Waals surface area contributed by atoms with Crippen molar-refractivity contribution in [3.8, 4) is 0 Å². The van der Waals surface area contributed by atoms with E-state index in [2.05, 4.69) is 22.3 Å². The molecule has 1 aromatic carbocycles. The molecule has 5 nitrogen and oxygen atoms in total. The van der Waals surface area contributed by atoms with E-state index in [-0.39, 0.29) is 5.91 Å². The number of piperidine rings is 1. The molecule has 1 aliphatic rings. The Morgan fingerprint density at radius 1 is 1.29 bits per heavy atom. The molecule has 0 spiro atoms. The maximum atomic E-state index is 12.4. The number of amides is 1. The lowest BCUT2D eigenvalue weighted by Crippen LogP contribution is -2.39. The van der Waals surface area contributed by atoms with Gasteiger partial charge < -0.3 is 9.64 Å². The molecule has 1 amide bonds. The number of aromatic amines is 1. The van der Waals surface area contributed by atoms with Gasteiger partial charge in [0.2, 0.25) is 5.91 Å². The van der Waals surface area contributed by atoms with E-state index in [1.54, 1.807) is 6.20 Å². The molecule has 1 N–H and O–H groups in total. The molecule has 0 unspecified atom stereocenters. The number of carbonyl (C=O) groups is 1. The number of rotatable bonds is 7. The number of hydrogen-bond donors (Lipinski definition) is 1. The fourth-order valence-electron chi connectivity index (χ4n) is 3.20. The number of H-pyrrole nitrogens is 1. The summed E-state index contributed by atoms with van der Waals surface area (Å²) < 4.78 is 5.65. The van der Waals surface area contributed by atoms with Crippen LogP contribution >= 0.6 is 0 Å². The van der Waals surface area contributed by atoms with Crippen LogP contribution in [0, 0.1) is 0 Å². The Morgan fingerprint density at radius 2 is 2.17 bits per heavy atom. The van der Waals surface area contributed by atoms with E-state index in [0.717, 1.165) is 38.0 Å².